The molecule has 1 aromatic rings. The lowest BCUT2D eigenvalue weighted by atomic mass is 9.97. The number of hydrogen-bond donors (Lipinski definition) is 4. The Morgan fingerprint density at radius 2 is 1.76 bits per heavy atom. The molecule has 0 saturated carbocycles. The van der Waals surface area contributed by atoms with Crippen LogP contribution in [0.15, 0.2) is 54.1 Å². The molecule has 1 aromatic carbocycles. The Balaban J connectivity index is 2.21. The molecule has 248 valence electrons. The number of carbonyl (C=O) groups is 5. The summed E-state index contributed by atoms with van der Waals surface area (Å²) in [4.78, 5) is 64.7. The molecule has 0 bridgehead atoms. The number of rotatable bonds is 16. The first-order valence-electron chi connectivity index (χ1n) is 15.6. The number of amides is 4. The fraction of sp³-hybridized carbons (Fsp3) is 0.559. The topological polar surface area (TPSA) is 152 Å². The second-order valence-corrected chi connectivity index (χ2v) is 12.3. The van der Waals surface area contributed by atoms with Crippen molar-refractivity contribution in [3.05, 3.63) is 59.7 Å². The second kappa shape index (κ2) is 18.1. The van der Waals surface area contributed by atoms with E-state index in [0.717, 1.165) is 5.56 Å². The van der Waals surface area contributed by atoms with Gasteiger partial charge in [-0.2, -0.15) is 0 Å². The Kier molecular flexibility index (Phi) is 15.0. The molecule has 4 N–H and O–H groups in total. The van der Waals surface area contributed by atoms with Crippen molar-refractivity contribution in [2.24, 2.45) is 5.92 Å². The van der Waals surface area contributed by atoms with Crippen LogP contribution >= 0.6 is 0 Å². The zero-order valence-electron chi connectivity index (χ0n) is 27.6. The minimum absolute atomic E-state index is 0.0143. The maximum Gasteiger partial charge on any atom is 0.408 e. The molecule has 1 saturated heterocycles. The number of ether oxygens (including phenoxy) is 2. The zero-order chi connectivity index (χ0) is 33.6. The van der Waals surface area contributed by atoms with Crippen LogP contribution in [-0.4, -0.2) is 66.0 Å². The van der Waals surface area contributed by atoms with Crippen molar-refractivity contribution < 1.29 is 33.4 Å². The molecular formula is C34H50N4O7. The van der Waals surface area contributed by atoms with Crippen LogP contribution in [0.1, 0.15) is 79.7 Å². The van der Waals surface area contributed by atoms with Crippen LogP contribution in [0.25, 0.3) is 0 Å². The van der Waals surface area contributed by atoms with E-state index in [1.807, 2.05) is 58.0 Å². The minimum Gasteiger partial charge on any atom is -0.445 e. The van der Waals surface area contributed by atoms with Crippen LogP contribution in [0.5, 0.6) is 0 Å². The zero-order valence-corrected chi connectivity index (χ0v) is 27.6. The smallest absolute Gasteiger partial charge is 0.408 e. The quantitative estimate of drug-likeness (QED) is 0.203. The van der Waals surface area contributed by atoms with E-state index in [4.69, 9.17) is 9.47 Å². The number of allylic oxidation sites excluding steroid dienone is 3. The Labute approximate surface area is 266 Å². The van der Waals surface area contributed by atoms with Gasteiger partial charge in [0, 0.05) is 18.5 Å². The van der Waals surface area contributed by atoms with Gasteiger partial charge in [0.1, 0.15) is 18.7 Å². The maximum absolute atomic E-state index is 13.6. The molecule has 11 heteroatoms. The summed E-state index contributed by atoms with van der Waals surface area (Å²) in [6.45, 7) is 13.1. The molecule has 1 aliphatic heterocycles. The fourth-order valence-corrected chi connectivity index (χ4v) is 4.86. The molecule has 5 atom stereocenters. The van der Waals surface area contributed by atoms with E-state index in [-0.39, 0.29) is 24.2 Å². The summed E-state index contributed by atoms with van der Waals surface area (Å²) in [7, 11) is 0. The van der Waals surface area contributed by atoms with Gasteiger partial charge in [-0.05, 0) is 78.0 Å². The molecule has 0 radical (unpaired) electrons. The first-order valence-corrected chi connectivity index (χ1v) is 15.6. The highest BCUT2D eigenvalue weighted by molar-refractivity contribution is 6.03. The van der Waals surface area contributed by atoms with Gasteiger partial charge in [-0.15, -0.1) is 0 Å². The average molecular weight is 627 g/mol. The van der Waals surface area contributed by atoms with Crippen molar-refractivity contribution in [2.45, 2.75) is 111 Å². The molecule has 0 aliphatic carbocycles. The molecule has 4 amide bonds. The van der Waals surface area contributed by atoms with E-state index in [1.54, 1.807) is 32.9 Å². The van der Waals surface area contributed by atoms with Crippen molar-refractivity contribution >= 4 is 29.6 Å². The summed E-state index contributed by atoms with van der Waals surface area (Å²) in [5.41, 5.74) is 0.717. The van der Waals surface area contributed by atoms with Gasteiger partial charge < -0.3 is 30.7 Å². The van der Waals surface area contributed by atoms with Crippen molar-refractivity contribution in [1.29, 1.82) is 0 Å². The lowest BCUT2D eigenvalue weighted by Gasteiger charge is -2.31. The number of nitrogens with one attached hydrogen (secondary N) is 4. The molecule has 11 nitrogen and oxygen atoms in total. The Morgan fingerprint density at radius 1 is 1.07 bits per heavy atom. The van der Waals surface area contributed by atoms with Crippen molar-refractivity contribution in [3.63, 3.8) is 0 Å². The monoisotopic (exact) mass is 626 g/mol. The van der Waals surface area contributed by atoms with E-state index in [9.17, 15) is 24.0 Å². The van der Waals surface area contributed by atoms with Crippen molar-refractivity contribution in [2.75, 3.05) is 6.54 Å². The highest BCUT2D eigenvalue weighted by Gasteiger charge is 2.34. The molecule has 45 heavy (non-hydrogen) atoms. The van der Waals surface area contributed by atoms with Gasteiger partial charge in [-0.1, -0.05) is 55.8 Å². The maximum atomic E-state index is 13.6. The van der Waals surface area contributed by atoms with E-state index < -0.39 is 47.7 Å². The third-order valence-corrected chi connectivity index (χ3v) is 7.32. The van der Waals surface area contributed by atoms with Crippen LogP contribution in [0, 0.1) is 5.92 Å². The van der Waals surface area contributed by atoms with Crippen LogP contribution in [0.3, 0.4) is 0 Å². The summed E-state index contributed by atoms with van der Waals surface area (Å²) >= 11 is 0. The first kappa shape index (κ1) is 37.2. The summed E-state index contributed by atoms with van der Waals surface area (Å²) in [6.07, 6.45) is 4.93. The van der Waals surface area contributed by atoms with E-state index >= 15 is 0 Å². The third-order valence-electron chi connectivity index (χ3n) is 7.32. The lowest BCUT2D eigenvalue weighted by Crippen LogP contribution is -2.58. The second-order valence-electron chi connectivity index (χ2n) is 12.3. The van der Waals surface area contributed by atoms with Crippen LogP contribution in [0.2, 0.25) is 0 Å². The van der Waals surface area contributed by atoms with Gasteiger partial charge in [-0.25, -0.2) is 4.79 Å². The van der Waals surface area contributed by atoms with Gasteiger partial charge >= 0.3 is 6.09 Å². The standard InChI is InChI=1S/C34H50N4O7/c1-8-13-27(31(41)36-26(16-17-28(39)22(3)9-2)20-25-18-19-35-30(25)40)37-32(42)29(23(4)45-34(5,6)7)38-33(43)44-21-24-14-11-10-12-15-24/h9-12,14-17,23,25-27,29H,8,13,18-21H2,1-7H3,(H,35,40)(H,36,41)(H,37,42)(H,38,43)/b17-16+,22-9-/t23?,25-,26+,27-,29-/m0/s1. The predicted molar refractivity (Wildman–Crippen MR) is 172 cm³/mol. The Morgan fingerprint density at radius 3 is 2.33 bits per heavy atom. The third kappa shape index (κ3) is 13.3. The summed E-state index contributed by atoms with van der Waals surface area (Å²) in [5.74, 6) is -1.70. The molecule has 1 fully saturated rings. The van der Waals surface area contributed by atoms with E-state index in [0.29, 0.717) is 37.8 Å². The van der Waals surface area contributed by atoms with Crippen molar-refractivity contribution in [1.82, 2.24) is 21.3 Å². The summed E-state index contributed by atoms with van der Waals surface area (Å²) in [6, 6.07) is 6.40. The number of carbonyl (C=O) groups excluding carboxylic acids is 5. The Bertz CT molecular complexity index is 1220. The molecule has 0 spiro atoms. The number of hydrogen-bond acceptors (Lipinski definition) is 7. The number of benzene rings is 1. The fourth-order valence-electron chi connectivity index (χ4n) is 4.86. The van der Waals surface area contributed by atoms with Gasteiger partial charge in [0.05, 0.1) is 11.7 Å². The normalized spacial score (nSPS) is 18.0. The molecule has 0 aromatic heterocycles. The van der Waals surface area contributed by atoms with Crippen LogP contribution in [-0.2, 0) is 35.3 Å². The van der Waals surface area contributed by atoms with Gasteiger partial charge in [0.2, 0.25) is 17.7 Å². The molecule has 1 aliphatic rings. The van der Waals surface area contributed by atoms with Crippen LogP contribution < -0.4 is 21.3 Å². The average Bonchev–Trinajstić information content (AvgIpc) is 3.39. The SMILES string of the molecule is C/C=C(/C)C(=O)/C=C/[C@H](C[C@@H]1CCNC1=O)NC(=O)[C@H](CCC)NC(=O)[C@@H](NC(=O)OCc1ccccc1)C(C)OC(C)(C)C. The largest absolute Gasteiger partial charge is 0.445 e. The molecular weight excluding hydrogens is 576 g/mol. The highest BCUT2D eigenvalue weighted by Crippen LogP contribution is 2.18. The van der Waals surface area contributed by atoms with E-state index in [2.05, 4.69) is 21.3 Å². The Hall–Kier alpha value is -3.99. The molecule has 2 rings (SSSR count). The number of ketones is 1. The summed E-state index contributed by atoms with van der Waals surface area (Å²) in [5, 5.41) is 11.1. The van der Waals surface area contributed by atoms with Gasteiger partial charge in [-0.3, -0.25) is 19.2 Å². The first-order chi connectivity index (χ1) is 21.2. The molecule has 1 heterocycles. The number of alkyl carbamates (subject to hydrolysis) is 1. The van der Waals surface area contributed by atoms with Crippen molar-refractivity contribution in [3.8, 4) is 0 Å². The molecule has 1 unspecified atom stereocenters. The lowest BCUT2D eigenvalue weighted by molar-refractivity contribution is -0.135. The van der Waals surface area contributed by atoms with Crippen LogP contribution in [0.4, 0.5) is 4.79 Å². The highest BCUT2D eigenvalue weighted by atomic mass is 16.6. The minimum atomic E-state index is -1.17. The van der Waals surface area contributed by atoms with E-state index in [1.165, 1.54) is 6.08 Å². The van der Waals surface area contributed by atoms with Gasteiger partial charge in [0.25, 0.3) is 0 Å². The predicted octanol–water partition coefficient (Wildman–Crippen LogP) is 3.87. The summed E-state index contributed by atoms with van der Waals surface area (Å²) < 4.78 is 11.4. The van der Waals surface area contributed by atoms with Gasteiger partial charge in [0.15, 0.2) is 5.78 Å².